The Kier molecular flexibility index (Phi) is 4.29. The van der Waals surface area contributed by atoms with Crippen molar-refractivity contribution in [3.63, 3.8) is 0 Å². The van der Waals surface area contributed by atoms with Crippen LogP contribution < -0.4 is 5.32 Å². The van der Waals surface area contributed by atoms with Gasteiger partial charge in [0.2, 0.25) is 11.8 Å². The number of nitrogens with one attached hydrogen (secondary N) is 1. The van der Waals surface area contributed by atoms with Crippen molar-refractivity contribution >= 4 is 11.8 Å². The second-order valence-corrected chi connectivity index (χ2v) is 5.65. The number of hydrogen-bond acceptors (Lipinski definition) is 4. The SMILES string of the molecule is CCCn1ncnc1CN1C(=O)C(C)NC(=O)C1(C)CC. The lowest BCUT2D eigenvalue weighted by Crippen LogP contribution is -2.68. The molecule has 1 aliphatic heterocycles. The highest BCUT2D eigenvalue weighted by Gasteiger charge is 2.47. The average molecular weight is 293 g/mol. The smallest absolute Gasteiger partial charge is 0.246 e. The van der Waals surface area contributed by atoms with Crippen LogP contribution in [-0.4, -0.2) is 43.1 Å². The largest absolute Gasteiger partial charge is 0.343 e. The zero-order valence-corrected chi connectivity index (χ0v) is 13.1. The molecule has 7 nitrogen and oxygen atoms in total. The van der Waals surface area contributed by atoms with Gasteiger partial charge in [0.1, 0.15) is 23.7 Å². The highest BCUT2D eigenvalue weighted by molar-refractivity contribution is 5.99. The van der Waals surface area contributed by atoms with Crippen LogP contribution in [0.5, 0.6) is 0 Å². The fourth-order valence-electron chi connectivity index (χ4n) is 2.57. The number of hydrogen-bond donors (Lipinski definition) is 1. The maximum Gasteiger partial charge on any atom is 0.246 e. The van der Waals surface area contributed by atoms with E-state index in [0.29, 0.717) is 18.8 Å². The van der Waals surface area contributed by atoms with Crippen LogP contribution in [-0.2, 0) is 22.7 Å². The van der Waals surface area contributed by atoms with Gasteiger partial charge in [0.25, 0.3) is 0 Å². The molecule has 2 amide bonds. The minimum Gasteiger partial charge on any atom is -0.343 e. The maximum atomic E-state index is 12.5. The molecule has 2 heterocycles. The Hall–Kier alpha value is -1.92. The van der Waals surface area contributed by atoms with E-state index < -0.39 is 11.6 Å². The molecule has 2 atom stereocenters. The molecule has 0 spiro atoms. The van der Waals surface area contributed by atoms with E-state index in [2.05, 4.69) is 22.3 Å². The highest BCUT2D eigenvalue weighted by Crippen LogP contribution is 2.26. The van der Waals surface area contributed by atoms with E-state index in [1.807, 2.05) is 6.92 Å². The number of nitrogens with zero attached hydrogens (tertiary/aromatic N) is 4. The monoisotopic (exact) mass is 293 g/mol. The first-order valence-electron chi connectivity index (χ1n) is 7.43. The lowest BCUT2D eigenvalue weighted by atomic mass is 9.91. The van der Waals surface area contributed by atoms with Crippen LogP contribution in [0.3, 0.4) is 0 Å². The van der Waals surface area contributed by atoms with Crippen molar-refractivity contribution in [3.05, 3.63) is 12.2 Å². The first-order chi connectivity index (χ1) is 9.93. The summed E-state index contributed by atoms with van der Waals surface area (Å²) < 4.78 is 1.79. The molecule has 1 fully saturated rings. The number of aryl methyl sites for hydroxylation is 1. The standard InChI is InChI=1S/C14H23N5O2/c1-5-7-19-11(15-9-16-19)8-18-12(20)10(3)17-13(21)14(18,4)6-2/h9-10H,5-8H2,1-4H3,(H,17,21). The number of rotatable bonds is 5. The first kappa shape index (κ1) is 15.5. The molecule has 0 saturated carbocycles. The van der Waals surface area contributed by atoms with E-state index in [1.54, 1.807) is 23.4 Å². The van der Waals surface area contributed by atoms with Crippen LogP contribution in [0.25, 0.3) is 0 Å². The van der Waals surface area contributed by atoms with Crippen LogP contribution in [0.2, 0.25) is 0 Å². The summed E-state index contributed by atoms with van der Waals surface area (Å²) in [6.45, 7) is 8.53. The summed E-state index contributed by atoms with van der Waals surface area (Å²) >= 11 is 0. The number of carbonyl (C=O) groups excluding carboxylic acids is 2. The Morgan fingerprint density at radius 2 is 2.10 bits per heavy atom. The minimum atomic E-state index is -0.841. The van der Waals surface area contributed by atoms with Gasteiger partial charge in [0.15, 0.2) is 0 Å². The van der Waals surface area contributed by atoms with E-state index in [0.717, 1.165) is 13.0 Å². The molecule has 2 unspecified atom stereocenters. The first-order valence-corrected chi connectivity index (χ1v) is 7.43. The molecule has 1 aromatic rings. The van der Waals surface area contributed by atoms with E-state index >= 15 is 0 Å². The third kappa shape index (κ3) is 2.64. The Balaban J connectivity index is 2.31. The van der Waals surface area contributed by atoms with Gasteiger partial charge in [-0.1, -0.05) is 13.8 Å². The van der Waals surface area contributed by atoms with E-state index in [1.165, 1.54) is 6.33 Å². The second kappa shape index (κ2) is 5.83. The summed E-state index contributed by atoms with van der Waals surface area (Å²) in [5.41, 5.74) is -0.841. The Morgan fingerprint density at radius 3 is 2.71 bits per heavy atom. The van der Waals surface area contributed by atoms with Gasteiger partial charge in [0, 0.05) is 6.54 Å². The van der Waals surface area contributed by atoms with Gasteiger partial charge in [-0.15, -0.1) is 0 Å². The summed E-state index contributed by atoms with van der Waals surface area (Å²) in [6.07, 6.45) is 2.98. The third-order valence-electron chi connectivity index (χ3n) is 4.19. The predicted octanol–water partition coefficient (Wildman–Crippen LogP) is 0.704. The molecule has 1 saturated heterocycles. The highest BCUT2D eigenvalue weighted by atomic mass is 16.2. The molecule has 0 aliphatic carbocycles. The molecule has 1 aliphatic rings. The minimum absolute atomic E-state index is 0.0787. The van der Waals surface area contributed by atoms with Crippen LogP contribution in [0.1, 0.15) is 46.4 Å². The fourth-order valence-corrected chi connectivity index (χ4v) is 2.57. The van der Waals surface area contributed by atoms with E-state index in [-0.39, 0.29) is 11.8 Å². The fraction of sp³-hybridized carbons (Fsp3) is 0.714. The molecule has 0 bridgehead atoms. The van der Waals surface area contributed by atoms with Crippen LogP contribution in [0, 0.1) is 0 Å². The molecule has 1 N–H and O–H groups in total. The van der Waals surface area contributed by atoms with E-state index in [4.69, 9.17) is 0 Å². The lowest BCUT2D eigenvalue weighted by Gasteiger charge is -2.45. The second-order valence-electron chi connectivity index (χ2n) is 5.65. The zero-order chi connectivity index (χ0) is 15.6. The summed E-state index contributed by atoms with van der Waals surface area (Å²) in [6, 6.07) is -0.500. The lowest BCUT2D eigenvalue weighted by molar-refractivity contribution is -0.157. The number of amides is 2. The number of carbonyl (C=O) groups is 2. The van der Waals surface area contributed by atoms with Crippen LogP contribution in [0.15, 0.2) is 6.33 Å². The molecule has 1 aromatic heterocycles. The molecular weight excluding hydrogens is 270 g/mol. The Morgan fingerprint density at radius 1 is 1.38 bits per heavy atom. The Bertz CT molecular complexity index is 541. The van der Waals surface area contributed by atoms with Gasteiger partial charge in [-0.3, -0.25) is 9.59 Å². The quantitative estimate of drug-likeness (QED) is 0.867. The molecular formula is C14H23N5O2. The molecule has 116 valence electrons. The molecule has 2 rings (SSSR count). The van der Waals surface area contributed by atoms with Gasteiger partial charge in [0.05, 0.1) is 6.54 Å². The van der Waals surface area contributed by atoms with Gasteiger partial charge >= 0.3 is 0 Å². The zero-order valence-electron chi connectivity index (χ0n) is 13.1. The molecule has 0 radical (unpaired) electrons. The molecule has 21 heavy (non-hydrogen) atoms. The van der Waals surface area contributed by atoms with Gasteiger partial charge in [-0.2, -0.15) is 5.10 Å². The van der Waals surface area contributed by atoms with Gasteiger partial charge < -0.3 is 10.2 Å². The van der Waals surface area contributed by atoms with Crippen LogP contribution in [0.4, 0.5) is 0 Å². The predicted molar refractivity (Wildman–Crippen MR) is 77.2 cm³/mol. The summed E-state index contributed by atoms with van der Waals surface area (Å²) in [5, 5.41) is 6.92. The Labute approximate surface area is 124 Å². The van der Waals surface area contributed by atoms with Crippen molar-refractivity contribution in [3.8, 4) is 0 Å². The normalized spacial score (nSPS) is 26.1. The van der Waals surface area contributed by atoms with Crippen molar-refractivity contribution in [1.82, 2.24) is 25.0 Å². The summed E-state index contributed by atoms with van der Waals surface area (Å²) in [4.78, 5) is 30.7. The van der Waals surface area contributed by atoms with E-state index in [9.17, 15) is 9.59 Å². The average Bonchev–Trinajstić information content (AvgIpc) is 2.89. The molecule has 7 heteroatoms. The van der Waals surface area contributed by atoms with Gasteiger partial charge in [-0.25, -0.2) is 9.67 Å². The van der Waals surface area contributed by atoms with Gasteiger partial charge in [-0.05, 0) is 26.7 Å². The third-order valence-corrected chi connectivity index (χ3v) is 4.19. The summed E-state index contributed by atoms with van der Waals surface area (Å²) in [7, 11) is 0. The van der Waals surface area contributed by atoms with Crippen molar-refractivity contribution in [2.45, 2.75) is 65.2 Å². The number of piperazine rings is 1. The molecule has 0 aromatic carbocycles. The van der Waals surface area contributed by atoms with Crippen molar-refractivity contribution in [1.29, 1.82) is 0 Å². The van der Waals surface area contributed by atoms with Crippen molar-refractivity contribution in [2.24, 2.45) is 0 Å². The maximum absolute atomic E-state index is 12.5. The van der Waals surface area contributed by atoms with Crippen molar-refractivity contribution in [2.75, 3.05) is 0 Å². The van der Waals surface area contributed by atoms with Crippen molar-refractivity contribution < 1.29 is 9.59 Å². The van der Waals surface area contributed by atoms with Crippen LogP contribution >= 0.6 is 0 Å². The topological polar surface area (TPSA) is 80.1 Å². The summed E-state index contributed by atoms with van der Waals surface area (Å²) in [5.74, 6) is 0.524. The number of aromatic nitrogens is 3.